The molecule has 0 heterocycles. The fourth-order valence-electron chi connectivity index (χ4n) is 1.80. The molecule has 0 unspecified atom stereocenters. The van der Waals surface area contributed by atoms with E-state index in [1.165, 1.54) is 12.1 Å². The first-order valence-corrected chi connectivity index (χ1v) is 7.15. The van der Waals surface area contributed by atoms with E-state index in [4.69, 9.17) is 4.74 Å². The van der Waals surface area contributed by atoms with Crippen LogP contribution in [0.4, 0.5) is 4.39 Å². The number of carbonyl (C=O) groups is 1. The molecule has 0 aliphatic heterocycles. The lowest BCUT2D eigenvalue weighted by atomic mass is 10.1. The fourth-order valence-corrected chi connectivity index (χ4v) is 2.68. The molecule has 0 spiro atoms. The van der Waals surface area contributed by atoms with Gasteiger partial charge in [0.05, 0.1) is 7.11 Å². The van der Waals surface area contributed by atoms with Crippen molar-refractivity contribution in [1.29, 1.82) is 0 Å². The minimum absolute atomic E-state index is 0.0284. The summed E-state index contributed by atoms with van der Waals surface area (Å²) in [4.78, 5) is 12.4. The lowest BCUT2D eigenvalue weighted by Crippen LogP contribution is -1.96. The molecule has 4 heteroatoms. The van der Waals surface area contributed by atoms with Gasteiger partial charge in [-0.15, -0.1) is 11.8 Å². The molecule has 0 N–H and O–H groups in total. The van der Waals surface area contributed by atoms with Gasteiger partial charge in [0.15, 0.2) is 5.78 Å². The van der Waals surface area contributed by atoms with Gasteiger partial charge in [0.25, 0.3) is 0 Å². The third kappa shape index (κ3) is 3.61. The number of halogens is 1. The monoisotopic (exact) mass is 290 g/mol. The van der Waals surface area contributed by atoms with Gasteiger partial charge in [0.1, 0.15) is 11.6 Å². The third-order valence-electron chi connectivity index (χ3n) is 2.89. The zero-order valence-electron chi connectivity index (χ0n) is 11.4. The highest BCUT2D eigenvalue weighted by Crippen LogP contribution is 2.29. The molecular formula is C16H15FO2S. The number of ether oxygens (including phenoxy) is 1. The molecule has 2 rings (SSSR count). The highest BCUT2D eigenvalue weighted by molar-refractivity contribution is 7.98. The Morgan fingerprint density at radius 1 is 1.20 bits per heavy atom. The lowest BCUT2D eigenvalue weighted by Gasteiger charge is -2.09. The average Bonchev–Trinajstić information content (AvgIpc) is 2.46. The number of hydrogen-bond acceptors (Lipinski definition) is 3. The molecule has 0 radical (unpaired) electrons. The molecule has 0 aromatic heterocycles. The predicted octanol–water partition coefficient (Wildman–Crippen LogP) is 4.33. The molecule has 2 nitrogen and oxygen atoms in total. The maximum Gasteiger partial charge on any atom is 0.159 e. The molecule has 2 aromatic rings. The van der Waals surface area contributed by atoms with Crippen LogP contribution in [0, 0.1) is 5.82 Å². The Kier molecular flexibility index (Phi) is 4.79. The van der Waals surface area contributed by atoms with Gasteiger partial charge in [0.2, 0.25) is 0 Å². The van der Waals surface area contributed by atoms with Crippen molar-refractivity contribution in [3.05, 3.63) is 59.4 Å². The molecule has 0 fully saturated rings. The van der Waals surface area contributed by atoms with Crippen molar-refractivity contribution in [2.75, 3.05) is 7.11 Å². The second kappa shape index (κ2) is 6.57. The van der Waals surface area contributed by atoms with Crippen LogP contribution in [0.5, 0.6) is 5.75 Å². The minimum atomic E-state index is -0.245. The van der Waals surface area contributed by atoms with E-state index < -0.39 is 0 Å². The predicted molar refractivity (Wildman–Crippen MR) is 79.0 cm³/mol. The van der Waals surface area contributed by atoms with E-state index in [9.17, 15) is 9.18 Å². The molecule has 0 saturated heterocycles. The summed E-state index contributed by atoms with van der Waals surface area (Å²) in [5.41, 5.74) is 1.62. The SMILES string of the molecule is COc1ccc(C(C)=O)cc1CSc1ccc(F)cc1. The van der Waals surface area contributed by atoms with Gasteiger partial charge in [-0.3, -0.25) is 4.79 Å². The van der Waals surface area contributed by atoms with E-state index >= 15 is 0 Å². The molecule has 104 valence electrons. The van der Waals surface area contributed by atoms with Crippen LogP contribution < -0.4 is 4.74 Å². The van der Waals surface area contributed by atoms with Crippen molar-refractivity contribution >= 4 is 17.5 Å². The van der Waals surface area contributed by atoms with Crippen LogP contribution in [0.2, 0.25) is 0 Å². The molecule has 20 heavy (non-hydrogen) atoms. The van der Waals surface area contributed by atoms with Gasteiger partial charge in [0, 0.05) is 21.8 Å². The van der Waals surface area contributed by atoms with Gasteiger partial charge >= 0.3 is 0 Å². The van der Waals surface area contributed by atoms with Crippen molar-refractivity contribution in [3.8, 4) is 5.75 Å². The molecule has 0 aliphatic rings. The van der Waals surface area contributed by atoms with Gasteiger partial charge in [-0.05, 0) is 49.4 Å². The Balaban J connectivity index is 2.16. The Morgan fingerprint density at radius 2 is 1.90 bits per heavy atom. The summed E-state index contributed by atoms with van der Waals surface area (Å²) in [6, 6.07) is 11.8. The van der Waals surface area contributed by atoms with Gasteiger partial charge in [-0.1, -0.05) is 0 Å². The molecule has 0 atom stereocenters. The van der Waals surface area contributed by atoms with Crippen LogP contribution in [-0.4, -0.2) is 12.9 Å². The van der Waals surface area contributed by atoms with E-state index in [-0.39, 0.29) is 11.6 Å². The maximum absolute atomic E-state index is 12.8. The van der Waals surface area contributed by atoms with Crippen molar-refractivity contribution in [1.82, 2.24) is 0 Å². The molecule has 0 aliphatic carbocycles. The van der Waals surface area contributed by atoms with E-state index in [1.54, 1.807) is 50.1 Å². The van der Waals surface area contributed by atoms with Crippen molar-refractivity contribution in [3.63, 3.8) is 0 Å². The average molecular weight is 290 g/mol. The van der Waals surface area contributed by atoms with Crippen molar-refractivity contribution in [2.24, 2.45) is 0 Å². The Labute approximate surface area is 122 Å². The maximum atomic E-state index is 12.8. The number of methoxy groups -OCH3 is 1. The van der Waals surface area contributed by atoms with Crippen LogP contribution in [0.3, 0.4) is 0 Å². The van der Waals surface area contributed by atoms with Crippen LogP contribution in [0.15, 0.2) is 47.4 Å². The smallest absolute Gasteiger partial charge is 0.159 e. The summed E-state index contributed by atoms with van der Waals surface area (Å²) in [7, 11) is 1.61. The summed E-state index contributed by atoms with van der Waals surface area (Å²) >= 11 is 1.57. The Bertz CT molecular complexity index is 608. The third-order valence-corrected chi connectivity index (χ3v) is 3.96. The first-order valence-electron chi connectivity index (χ1n) is 6.16. The van der Waals surface area contributed by atoms with E-state index in [2.05, 4.69) is 0 Å². The van der Waals surface area contributed by atoms with E-state index in [0.29, 0.717) is 11.3 Å². The molecular weight excluding hydrogens is 275 g/mol. The van der Waals surface area contributed by atoms with Crippen LogP contribution >= 0.6 is 11.8 Å². The zero-order chi connectivity index (χ0) is 14.5. The number of hydrogen-bond donors (Lipinski definition) is 0. The second-order valence-corrected chi connectivity index (χ2v) is 5.37. The highest BCUT2D eigenvalue weighted by Gasteiger charge is 2.08. The summed E-state index contributed by atoms with van der Waals surface area (Å²) in [5.74, 6) is 1.20. The number of thioether (sulfide) groups is 1. The topological polar surface area (TPSA) is 26.3 Å². The van der Waals surface area contributed by atoms with Crippen molar-refractivity contribution < 1.29 is 13.9 Å². The van der Waals surface area contributed by atoms with Crippen LogP contribution in [-0.2, 0) is 5.75 Å². The van der Waals surface area contributed by atoms with E-state index in [0.717, 1.165) is 16.2 Å². The summed E-state index contributed by atoms with van der Waals surface area (Å²) in [6.45, 7) is 1.54. The number of benzene rings is 2. The van der Waals surface area contributed by atoms with Crippen molar-refractivity contribution in [2.45, 2.75) is 17.6 Å². The summed E-state index contributed by atoms with van der Waals surface area (Å²) in [5, 5.41) is 0. The first kappa shape index (κ1) is 14.6. The Morgan fingerprint density at radius 3 is 2.50 bits per heavy atom. The Hall–Kier alpha value is -1.81. The largest absolute Gasteiger partial charge is 0.496 e. The standard InChI is InChI=1S/C16H15FO2S/c1-11(18)12-3-8-16(19-2)13(9-12)10-20-15-6-4-14(17)5-7-15/h3-9H,10H2,1-2H3. The lowest BCUT2D eigenvalue weighted by molar-refractivity contribution is 0.101. The quantitative estimate of drug-likeness (QED) is 0.605. The minimum Gasteiger partial charge on any atom is -0.496 e. The summed E-state index contributed by atoms with van der Waals surface area (Å²) in [6.07, 6.45) is 0. The van der Waals surface area contributed by atoms with Crippen LogP contribution in [0.1, 0.15) is 22.8 Å². The second-order valence-electron chi connectivity index (χ2n) is 4.33. The molecule has 0 amide bonds. The number of carbonyl (C=O) groups excluding carboxylic acids is 1. The molecule has 0 bridgehead atoms. The van der Waals surface area contributed by atoms with Crippen LogP contribution in [0.25, 0.3) is 0 Å². The number of ketones is 1. The van der Waals surface area contributed by atoms with Gasteiger partial charge < -0.3 is 4.74 Å². The molecule has 0 saturated carbocycles. The van der Waals surface area contributed by atoms with Gasteiger partial charge in [-0.2, -0.15) is 0 Å². The van der Waals surface area contributed by atoms with Gasteiger partial charge in [-0.25, -0.2) is 4.39 Å². The normalized spacial score (nSPS) is 10.3. The summed E-state index contributed by atoms with van der Waals surface area (Å²) < 4.78 is 18.1. The highest BCUT2D eigenvalue weighted by atomic mass is 32.2. The molecule has 2 aromatic carbocycles. The van der Waals surface area contributed by atoms with E-state index in [1.807, 2.05) is 6.07 Å². The number of rotatable bonds is 5. The fraction of sp³-hybridized carbons (Fsp3) is 0.188. The zero-order valence-corrected chi connectivity index (χ0v) is 12.2. The number of Topliss-reactive ketones (excluding diaryl/α,β-unsaturated/α-hetero) is 1. The first-order chi connectivity index (χ1) is 9.60.